The molecule has 1 aliphatic heterocycles. The number of nitrogens with one attached hydrogen (secondary N) is 1. The summed E-state index contributed by atoms with van der Waals surface area (Å²) in [5, 5.41) is 14.1. The van der Waals surface area contributed by atoms with Crippen LogP contribution in [0.2, 0.25) is 0 Å². The molecule has 1 aliphatic carbocycles. The molecule has 5 rings (SSSR count). The number of carbonyl (C=O) groups is 1. The number of aliphatic hydroxyl groups is 1. The lowest BCUT2D eigenvalue weighted by Gasteiger charge is -2.26. The van der Waals surface area contributed by atoms with Gasteiger partial charge in [-0.05, 0) is 50.2 Å². The molecule has 3 aromatic rings. The first kappa shape index (κ1) is 18.3. The smallest absolute Gasteiger partial charge is 0.224 e. The maximum atomic E-state index is 12.9. The standard InChI is InChI=1S/C23H26N4O2/c1-14-5-2-3-6-17(14)20-18-13-24-23(25-15-8-10-16(28)11-9-15)26-22(18)27-12-4-7-19(29)21(20)27/h2-3,5-6,13,15-16,28H,4,7-12H2,1H3,(H,24,25,26)/t15-,16-. The zero-order valence-corrected chi connectivity index (χ0v) is 16.7. The molecule has 1 fully saturated rings. The third-order valence-electron chi connectivity index (χ3n) is 6.29. The van der Waals surface area contributed by atoms with Crippen molar-refractivity contribution < 1.29 is 9.90 Å². The number of aliphatic hydroxyl groups excluding tert-OH is 1. The fourth-order valence-corrected chi connectivity index (χ4v) is 4.75. The van der Waals surface area contributed by atoms with Crippen LogP contribution in [0.1, 0.15) is 54.6 Å². The number of aryl methyl sites for hydroxylation is 2. The van der Waals surface area contributed by atoms with Crippen molar-refractivity contribution in [2.75, 3.05) is 5.32 Å². The third-order valence-corrected chi connectivity index (χ3v) is 6.29. The number of Topliss-reactive ketones (excluding diaryl/α,β-unsaturated/α-hetero) is 1. The van der Waals surface area contributed by atoms with Crippen molar-refractivity contribution in [1.82, 2.24) is 14.5 Å². The number of aromatic nitrogens is 3. The topological polar surface area (TPSA) is 80.0 Å². The molecule has 1 saturated carbocycles. The van der Waals surface area contributed by atoms with Gasteiger partial charge in [0.25, 0.3) is 0 Å². The summed E-state index contributed by atoms with van der Waals surface area (Å²) in [5.74, 6) is 0.789. The molecule has 0 radical (unpaired) electrons. The van der Waals surface area contributed by atoms with Crippen LogP contribution in [0, 0.1) is 6.92 Å². The zero-order chi connectivity index (χ0) is 20.0. The Kier molecular flexibility index (Phi) is 4.59. The molecule has 0 unspecified atom stereocenters. The van der Waals surface area contributed by atoms with E-state index in [-0.39, 0.29) is 17.9 Å². The molecule has 3 heterocycles. The largest absolute Gasteiger partial charge is 0.393 e. The van der Waals surface area contributed by atoms with Crippen LogP contribution < -0.4 is 5.32 Å². The second-order valence-electron chi connectivity index (χ2n) is 8.30. The zero-order valence-electron chi connectivity index (χ0n) is 16.7. The molecule has 2 aromatic heterocycles. The average Bonchev–Trinajstić information content (AvgIpc) is 3.05. The van der Waals surface area contributed by atoms with Gasteiger partial charge < -0.3 is 15.0 Å². The molecule has 2 aliphatic rings. The molecule has 0 atom stereocenters. The third kappa shape index (κ3) is 3.21. The van der Waals surface area contributed by atoms with E-state index in [1.807, 2.05) is 18.3 Å². The summed E-state index contributed by atoms with van der Waals surface area (Å²) < 4.78 is 2.08. The van der Waals surface area contributed by atoms with Crippen LogP contribution in [0.15, 0.2) is 30.5 Å². The van der Waals surface area contributed by atoms with E-state index in [0.717, 1.165) is 72.1 Å². The first-order valence-electron chi connectivity index (χ1n) is 10.5. The maximum absolute atomic E-state index is 12.9. The molecule has 0 bridgehead atoms. The summed E-state index contributed by atoms with van der Waals surface area (Å²) in [7, 11) is 0. The summed E-state index contributed by atoms with van der Waals surface area (Å²) in [5.41, 5.74) is 4.79. The van der Waals surface area contributed by atoms with Crippen LogP contribution in [0.5, 0.6) is 0 Å². The molecule has 0 amide bonds. The Bertz CT molecular complexity index is 1080. The van der Waals surface area contributed by atoms with E-state index in [1.165, 1.54) is 0 Å². The summed E-state index contributed by atoms with van der Waals surface area (Å²) in [6, 6.07) is 8.47. The second kappa shape index (κ2) is 7.26. The number of anilines is 1. The quantitative estimate of drug-likeness (QED) is 0.704. The molecule has 0 spiro atoms. The predicted molar refractivity (Wildman–Crippen MR) is 113 cm³/mol. The lowest BCUT2D eigenvalue weighted by molar-refractivity contribution is 0.0956. The summed E-state index contributed by atoms with van der Waals surface area (Å²) in [4.78, 5) is 22.3. The van der Waals surface area contributed by atoms with Crippen molar-refractivity contribution in [3.63, 3.8) is 0 Å². The number of rotatable bonds is 3. The van der Waals surface area contributed by atoms with Crippen molar-refractivity contribution in [2.24, 2.45) is 0 Å². The highest BCUT2D eigenvalue weighted by molar-refractivity contribution is 6.11. The fourth-order valence-electron chi connectivity index (χ4n) is 4.75. The Morgan fingerprint density at radius 2 is 1.97 bits per heavy atom. The summed E-state index contributed by atoms with van der Waals surface area (Å²) in [6.07, 6.45) is 6.57. The Morgan fingerprint density at radius 1 is 1.17 bits per heavy atom. The lowest BCUT2D eigenvalue weighted by Crippen LogP contribution is -2.29. The highest BCUT2D eigenvalue weighted by Gasteiger charge is 2.28. The molecule has 6 nitrogen and oxygen atoms in total. The monoisotopic (exact) mass is 390 g/mol. The Morgan fingerprint density at radius 3 is 2.76 bits per heavy atom. The number of hydrogen-bond donors (Lipinski definition) is 2. The minimum absolute atomic E-state index is 0.184. The number of benzene rings is 1. The summed E-state index contributed by atoms with van der Waals surface area (Å²) >= 11 is 0. The number of nitrogens with zero attached hydrogens (tertiary/aromatic N) is 3. The molecule has 2 N–H and O–H groups in total. The number of fused-ring (bicyclic) bond motifs is 3. The van der Waals surface area contributed by atoms with Crippen molar-refractivity contribution in [3.05, 3.63) is 41.7 Å². The van der Waals surface area contributed by atoms with Gasteiger partial charge in [-0.2, -0.15) is 4.98 Å². The van der Waals surface area contributed by atoms with Crippen LogP contribution in [-0.4, -0.2) is 37.6 Å². The SMILES string of the molecule is Cc1ccccc1-c1c2n(c3nc(N[C@H]4CC[C@H](O)CC4)ncc13)CCCC2=O. The average molecular weight is 390 g/mol. The second-order valence-corrected chi connectivity index (χ2v) is 8.30. The van der Waals surface area contributed by atoms with E-state index in [2.05, 4.69) is 33.9 Å². The van der Waals surface area contributed by atoms with Crippen molar-refractivity contribution >= 4 is 22.8 Å². The maximum Gasteiger partial charge on any atom is 0.224 e. The van der Waals surface area contributed by atoms with Crippen molar-refractivity contribution in [1.29, 1.82) is 0 Å². The highest BCUT2D eigenvalue weighted by Crippen LogP contribution is 2.38. The van der Waals surface area contributed by atoms with E-state index < -0.39 is 0 Å². The first-order chi connectivity index (χ1) is 14.1. The van der Waals surface area contributed by atoms with E-state index >= 15 is 0 Å². The Balaban J connectivity index is 1.61. The van der Waals surface area contributed by atoms with Crippen LogP contribution in [0.25, 0.3) is 22.2 Å². The van der Waals surface area contributed by atoms with E-state index in [4.69, 9.17) is 4.98 Å². The van der Waals surface area contributed by atoms with Gasteiger partial charge in [0.2, 0.25) is 5.95 Å². The van der Waals surface area contributed by atoms with Crippen LogP contribution >= 0.6 is 0 Å². The fraction of sp³-hybridized carbons (Fsp3) is 0.435. The van der Waals surface area contributed by atoms with Gasteiger partial charge >= 0.3 is 0 Å². The van der Waals surface area contributed by atoms with Gasteiger partial charge in [-0.25, -0.2) is 4.98 Å². The van der Waals surface area contributed by atoms with E-state index in [0.29, 0.717) is 12.4 Å². The Hall–Kier alpha value is -2.73. The molecular formula is C23H26N4O2. The normalized spacial score (nSPS) is 21.9. The van der Waals surface area contributed by atoms with Gasteiger partial charge in [-0.15, -0.1) is 0 Å². The molecule has 150 valence electrons. The van der Waals surface area contributed by atoms with Gasteiger partial charge in [0.1, 0.15) is 5.65 Å². The van der Waals surface area contributed by atoms with Crippen LogP contribution in [-0.2, 0) is 6.54 Å². The number of ketones is 1. The van der Waals surface area contributed by atoms with E-state index in [9.17, 15) is 9.90 Å². The number of hydrogen-bond acceptors (Lipinski definition) is 5. The minimum atomic E-state index is -0.184. The lowest BCUT2D eigenvalue weighted by atomic mass is 9.93. The summed E-state index contributed by atoms with van der Waals surface area (Å²) in [6.45, 7) is 2.88. The molecule has 29 heavy (non-hydrogen) atoms. The van der Waals surface area contributed by atoms with Crippen molar-refractivity contribution in [2.45, 2.75) is 64.1 Å². The van der Waals surface area contributed by atoms with Gasteiger partial charge in [0, 0.05) is 36.2 Å². The van der Waals surface area contributed by atoms with Crippen LogP contribution in [0.4, 0.5) is 5.95 Å². The molecule has 6 heteroatoms. The minimum Gasteiger partial charge on any atom is -0.393 e. The highest BCUT2D eigenvalue weighted by atomic mass is 16.3. The predicted octanol–water partition coefficient (Wildman–Crippen LogP) is 4.10. The van der Waals surface area contributed by atoms with Gasteiger partial charge in [0.05, 0.1) is 11.8 Å². The van der Waals surface area contributed by atoms with Gasteiger partial charge in [-0.1, -0.05) is 24.3 Å². The van der Waals surface area contributed by atoms with Crippen LogP contribution in [0.3, 0.4) is 0 Å². The Labute approximate surface area is 170 Å². The van der Waals surface area contributed by atoms with Crippen molar-refractivity contribution in [3.8, 4) is 11.1 Å². The molecular weight excluding hydrogens is 364 g/mol. The van der Waals surface area contributed by atoms with Gasteiger partial charge in [-0.3, -0.25) is 4.79 Å². The molecule has 1 aromatic carbocycles. The number of carbonyl (C=O) groups excluding carboxylic acids is 1. The van der Waals surface area contributed by atoms with E-state index in [1.54, 1.807) is 0 Å². The first-order valence-corrected chi connectivity index (χ1v) is 10.5. The molecule has 0 saturated heterocycles. The van der Waals surface area contributed by atoms with Gasteiger partial charge in [0.15, 0.2) is 5.78 Å².